The zero-order valence-electron chi connectivity index (χ0n) is 10.1. The Labute approximate surface area is 103 Å². The third-order valence-corrected chi connectivity index (χ3v) is 2.67. The summed E-state index contributed by atoms with van der Waals surface area (Å²) in [5.41, 5.74) is 0.134. The SMILES string of the molecule is CCOC(=O)c1cc2c(n(C)c1=O)C(=O)CN=C2. The van der Waals surface area contributed by atoms with Gasteiger partial charge in [0.1, 0.15) is 12.1 Å². The van der Waals surface area contributed by atoms with E-state index in [1.54, 1.807) is 6.92 Å². The molecule has 94 valence electrons. The normalized spacial score (nSPS) is 13.3. The molecule has 0 bridgehead atoms. The van der Waals surface area contributed by atoms with E-state index in [9.17, 15) is 14.4 Å². The number of hydrogen-bond donors (Lipinski definition) is 0. The van der Waals surface area contributed by atoms with Gasteiger partial charge in [0, 0.05) is 18.8 Å². The summed E-state index contributed by atoms with van der Waals surface area (Å²) >= 11 is 0. The van der Waals surface area contributed by atoms with Gasteiger partial charge in [0.15, 0.2) is 0 Å². The number of ketones is 1. The minimum atomic E-state index is -0.688. The van der Waals surface area contributed by atoms with Crippen molar-refractivity contribution in [3.05, 3.63) is 33.2 Å². The number of fused-ring (bicyclic) bond motifs is 1. The Morgan fingerprint density at radius 2 is 2.22 bits per heavy atom. The number of esters is 1. The predicted octanol–water partition coefficient (Wildman–Crippen LogP) is 0.177. The van der Waals surface area contributed by atoms with Crippen LogP contribution in [0.4, 0.5) is 0 Å². The van der Waals surface area contributed by atoms with E-state index in [4.69, 9.17) is 4.74 Å². The smallest absolute Gasteiger partial charge is 0.343 e. The number of hydrogen-bond acceptors (Lipinski definition) is 5. The van der Waals surface area contributed by atoms with Crippen molar-refractivity contribution in [2.45, 2.75) is 6.92 Å². The van der Waals surface area contributed by atoms with Crippen LogP contribution in [0.1, 0.15) is 33.3 Å². The lowest BCUT2D eigenvalue weighted by Gasteiger charge is -2.14. The first-order valence-electron chi connectivity index (χ1n) is 5.50. The van der Waals surface area contributed by atoms with Crippen LogP contribution in [-0.2, 0) is 11.8 Å². The minimum Gasteiger partial charge on any atom is -0.462 e. The molecule has 1 aromatic heterocycles. The fraction of sp³-hybridized carbons (Fsp3) is 0.333. The van der Waals surface area contributed by atoms with Crippen LogP contribution in [0, 0.1) is 0 Å². The molecule has 18 heavy (non-hydrogen) atoms. The second-order valence-corrected chi connectivity index (χ2v) is 3.84. The Morgan fingerprint density at radius 1 is 1.50 bits per heavy atom. The number of pyridine rings is 1. The number of carbonyl (C=O) groups excluding carboxylic acids is 2. The maximum atomic E-state index is 12.0. The highest BCUT2D eigenvalue weighted by molar-refractivity contribution is 6.07. The Morgan fingerprint density at radius 3 is 2.89 bits per heavy atom. The molecular formula is C12H12N2O4. The van der Waals surface area contributed by atoms with Crippen molar-refractivity contribution >= 4 is 18.0 Å². The lowest BCUT2D eigenvalue weighted by atomic mass is 10.1. The van der Waals surface area contributed by atoms with Crippen molar-refractivity contribution in [1.82, 2.24) is 4.57 Å². The monoisotopic (exact) mass is 248 g/mol. The molecule has 0 radical (unpaired) electrons. The lowest BCUT2D eigenvalue weighted by Crippen LogP contribution is -2.32. The van der Waals surface area contributed by atoms with Crippen LogP contribution in [0.15, 0.2) is 15.9 Å². The molecule has 0 saturated heterocycles. The molecule has 0 unspecified atom stereocenters. The van der Waals surface area contributed by atoms with E-state index in [1.807, 2.05) is 0 Å². The van der Waals surface area contributed by atoms with Gasteiger partial charge in [-0.3, -0.25) is 14.6 Å². The number of rotatable bonds is 2. The molecule has 1 aliphatic rings. The average Bonchev–Trinajstić information content (AvgIpc) is 2.33. The van der Waals surface area contributed by atoms with Crippen molar-refractivity contribution in [3.8, 4) is 0 Å². The summed E-state index contributed by atoms with van der Waals surface area (Å²) < 4.78 is 5.98. The zero-order valence-corrected chi connectivity index (χ0v) is 10.1. The van der Waals surface area contributed by atoms with Crippen LogP contribution in [0.3, 0.4) is 0 Å². The number of aromatic nitrogens is 1. The third-order valence-electron chi connectivity index (χ3n) is 2.67. The first kappa shape index (κ1) is 12.2. The van der Waals surface area contributed by atoms with E-state index in [0.717, 1.165) is 0 Å². The van der Waals surface area contributed by atoms with E-state index in [-0.39, 0.29) is 30.2 Å². The molecule has 0 atom stereocenters. The quantitative estimate of drug-likeness (QED) is 0.699. The van der Waals surface area contributed by atoms with Crippen LogP contribution in [0.5, 0.6) is 0 Å². The van der Waals surface area contributed by atoms with Crippen molar-refractivity contribution in [3.63, 3.8) is 0 Å². The maximum absolute atomic E-state index is 12.0. The first-order chi connectivity index (χ1) is 8.56. The minimum absolute atomic E-state index is 0.0268. The Bertz CT molecular complexity index is 613. The topological polar surface area (TPSA) is 77.7 Å². The van der Waals surface area contributed by atoms with Gasteiger partial charge < -0.3 is 9.30 Å². The molecule has 0 N–H and O–H groups in total. The molecule has 6 nitrogen and oxygen atoms in total. The van der Waals surface area contributed by atoms with E-state index in [0.29, 0.717) is 5.56 Å². The number of Topliss-reactive ketones (excluding diaryl/α,β-unsaturated/α-hetero) is 1. The Balaban J connectivity index is 2.64. The van der Waals surface area contributed by atoms with Crippen LogP contribution in [0.25, 0.3) is 0 Å². The van der Waals surface area contributed by atoms with Gasteiger partial charge >= 0.3 is 5.97 Å². The second kappa shape index (κ2) is 4.56. The highest BCUT2D eigenvalue weighted by Gasteiger charge is 2.23. The molecule has 1 aliphatic heterocycles. The van der Waals surface area contributed by atoms with Crippen LogP contribution in [0.2, 0.25) is 0 Å². The highest BCUT2D eigenvalue weighted by atomic mass is 16.5. The number of carbonyl (C=O) groups is 2. The fourth-order valence-electron chi connectivity index (χ4n) is 1.86. The standard InChI is InChI=1S/C12H12N2O4/c1-3-18-12(17)8-4-7-5-13-6-9(15)10(7)14(2)11(8)16/h4-5H,3,6H2,1-2H3. The van der Waals surface area contributed by atoms with Gasteiger partial charge in [-0.15, -0.1) is 0 Å². The molecule has 0 saturated carbocycles. The maximum Gasteiger partial charge on any atom is 0.343 e. The molecule has 0 spiro atoms. The second-order valence-electron chi connectivity index (χ2n) is 3.84. The molecule has 6 heteroatoms. The predicted molar refractivity (Wildman–Crippen MR) is 64.4 cm³/mol. The highest BCUT2D eigenvalue weighted by Crippen LogP contribution is 2.12. The van der Waals surface area contributed by atoms with Gasteiger partial charge in [-0.1, -0.05) is 0 Å². The summed E-state index contributed by atoms with van der Waals surface area (Å²) in [5, 5.41) is 0. The average molecular weight is 248 g/mol. The molecule has 0 aliphatic carbocycles. The van der Waals surface area contributed by atoms with Crippen LogP contribution < -0.4 is 5.56 Å². The number of nitrogens with zero attached hydrogens (tertiary/aromatic N) is 2. The van der Waals surface area contributed by atoms with Crippen LogP contribution >= 0.6 is 0 Å². The van der Waals surface area contributed by atoms with Gasteiger partial charge in [-0.2, -0.15) is 0 Å². The van der Waals surface area contributed by atoms with E-state index < -0.39 is 11.5 Å². The summed E-state index contributed by atoms with van der Waals surface area (Å²) in [6, 6.07) is 1.36. The zero-order chi connectivity index (χ0) is 13.3. The molecule has 0 amide bonds. The van der Waals surface area contributed by atoms with Crippen molar-refractivity contribution in [2.24, 2.45) is 12.0 Å². The van der Waals surface area contributed by atoms with Crippen molar-refractivity contribution in [1.29, 1.82) is 0 Å². The summed E-state index contributed by atoms with van der Waals surface area (Å²) in [7, 11) is 1.46. The molecule has 1 aromatic rings. The lowest BCUT2D eigenvalue weighted by molar-refractivity contribution is 0.0523. The van der Waals surface area contributed by atoms with Gasteiger partial charge in [0.2, 0.25) is 5.78 Å². The van der Waals surface area contributed by atoms with Gasteiger partial charge in [0.05, 0.1) is 12.3 Å². The summed E-state index contributed by atoms with van der Waals surface area (Å²) in [5.74, 6) is -0.921. The van der Waals surface area contributed by atoms with E-state index in [2.05, 4.69) is 4.99 Å². The molecule has 2 heterocycles. The Hall–Kier alpha value is -2.24. The summed E-state index contributed by atoms with van der Waals surface area (Å²) in [6.45, 7) is 1.87. The van der Waals surface area contributed by atoms with Gasteiger partial charge in [0.25, 0.3) is 5.56 Å². The first-order valence-corrected chi connectivity index (χ1v) is 5.50. The molecular weight excluding hydrogens is 236 g/mol. The van der Waals surface area contributed by atoms with Gasteiger partial charge in [-0.05, 0) is 13.0 Å². The molecule has 2 rings (SSSR count). The largest absolute Gasteiger partial charge is 0.462 e. The van der Waals surface area contributed by atoms with Crippen LogP contribution in [-0.4, -0.2) is 35.7 Å². The Kier molecular flexibility index (Phi) is 3.10. The van der Waals surface area contributed by atoms with Crippen molar-refractivity contribution < 1.29 is 14.3 Å². The van der Waals surface area contributed by atoms with Gasteiger partial charge in [-0.25, -0.2) is 4.79 Å². The van der Waals surface area contributed by atoms with E-state index in [1.165, 1.54) is 23.9 Å². The fourth-order valence-corrected chi connectivity index (χ4v) is 1.86. The molecule has 0 aromatic carbocycles. The van der Waals surface area contributed by atoms with Crippen molar-refractivity contribution in [2.75, 3.05) is 13.2 Å². The number of ether oxygens (including phenoxy) is 1. The summed E-state index contributed by atoms with van der Waals surface area (Å²) in [4.78, 5) is 39.1. The number of aliphatic imine (C=N–C) groups is 1. The molecule has 0 fully saturated rings. The van der Waals surface area contributed by atoms with E-state index >= 15 is 0 Å². The summed E-state index contributed by atoms with van der Waals surface area (Å²) in [6.07, 6.45) is 1.49. The third kappa shape index (κ3) is 1.85.